The SMILES string of the molecule is O=C(NCCCNc1ccnc2cc(Cl)ccc12)C1CCN(S(=O)(=O)c2ccc(Br)cc2)CC1. The fourth-order valence-electron chi connectivity index (χ4n) is 4.06. The number of anilines is 1. The number of benzene rings is 2. The highest BCUT2D eigenvalue weighted by atomic mass is 79.9. The van der Waals surface area contributed by atoms with Crippen molar-refractivity contribution in [2.24, 2.45) is 5.92 Å². The summed E-state index contributed by atoms with van der Waals surface area (Å²) in [5, 5.41) is 8.03. The zero-order valence-corrected chi connectivity index (χ0v) is 21.7. The lowest BCUT2D eigenvalue weighted by Gasteiger charge is -2.30. The fraction of sp³-hybridized carbons (Fsp3) is 0.333. The molecule has 0 bridgehead atoms. The fourth-order valence-corrected chi connectivity index (χ4v) is 5.96. The molecule has 0 radical (unpaired) electrons. The predicted octanol–water partition coefficient (Wildman–Crippen LogP) is 4.67. The Bertz CT molecular complexity index is 1260. The van der Waals surface area contributed by atoms with Gasteiger partial charge in [0.25, 0.3) is 0 Å². The number of piperidine rings is 1. The molecule has 1 aromatic heterocycles. The number of pyridine rings is 1. The van der Waals surface area contributed by atoms with Crippen LogP contribution in [-0.4, -0.2) is 49.8 Å². The van der Waals surface area contributed by atoms with Crippen LogP contribution in [0.4, 0.5) is 5.69 Å². The molecule has 10 heteroatoms. The second-order valence-corrected chi connectivity index (χ2v) is 11.5. The Balaban J connectivity index is 1.20. The molecule has 34 heavy (non-hydrogen) atoms. The van der Waals surface area contributed by atoms with Crippen LogP contribution >= 0.6 is 27.5 Å². The number of halogens is 2. The highest BCUT2D eigenvalue weighted by Crippen LogP contribution is 2.26. The van der Waals surface area contributed by atoms with Crippen molar-refractivity contribution in [3.05, 3.63) is 64.2 Å². The highest BCUT2D eigenvalue weighted by molar-refractivity contribution is 9.10. The standard InChI is InChI=1S/C24H26BrClN4O3S/c25-18-2-5-20(6-3-18)34(32,33)30-14-9-17(10-15-30)24(31)29-12-1-11-27-22-8-13-28-23-16-19(26)4-7-21(22)23/h2-8,13,16-17H,1,9-12,14-15H2,(H,27,28)(H,29,31). The first-order valence-electron chi connectivity index (χ1n) is 11.2. The number of nitrogens with zero attached hydrogens (tertiary/aromatic N) is 2. The van der Waals surface area contributed by atoms with Crippen LogP contribution in [0.1, 0.15) is 19.3 Å². The molecule has 0 unspecified atom stereocenters. The van der Waals surface area contributed by atoms with Crippen molar-refractivity contribution < 1.29 is 13.2 Å². The van der Waals surface area contributed by atoms with Crippen LogP contribution in [0.3, 0.4) is 0 Å². The number of sulfonamides is 1. The third-order valence-electron chi connectivity index (χ3n) is 5.95. The Labute approximate surface area is 213 Å². The number of amides is 1. The Morgan fingerprint density at radius 2 is 1.82 bits per heavy atom. The van der Waals surface area contributed by atoms with E-state index in [0.29, 0.717) is 44.0 Å². The van der Waals surface area contributed by atoms with Gasteiger partial charge in [0, 0.05) is 58.9 Å². The summed E-state index contributed by atoms with van der Waals surface area (Å²) < 4.78 is 28.0. The second kappa shape index (κ2) is 11.0. The van der Waals surface area contributed by atoms with Gasteiger partial charge in [-0.05, 0) is 67.8 Å². The van der Waals surface area contributed by atoms with Gasteiger partial charge in [0.1, 0.15) is 0 Å². The van der Waals surface area contributed by atoms with Crippen LogP contribution in [-0.2, 0) is 14.8 Å². The van der Waals surface area contributed by atoms with E-state index in [1.807, 2.05) is 24.3 Å². The lowest BCUT2D eigenvalue weighted by atomic mass is 9.97. The molecule has 0 aliphatic carbocycles. The van der Waals surface area contributed by atoms with Crippen molar-refractivity contribution in [1.29, 1.82) is 0 Å². The molecule has 1 saturated heterocycles. The van der Waals surface area contributed by atoms with E-state index < -0.39 is 10.0 Å². The maximum absolute atomic E-state index is 12.8. The summed E-state index contributed by atoms with van der Waals surface area (Å²) in [6.45, 7) is 1.94. The molecular weight excluding hydrogens is 540 g/mol. The number of aromatic nitrogens is 1. The molecular formula is C24H26BrClN4O3S. The number of carbonyl (C=O) groups is 1. The molecule has 0 spiro atoms. The quantitative estimate of drug-likeness (QED) is 0.388. The first-order chi connectivity index (χ1) is 16.3. The second-order valence-electron chi connectivity index (χ2n) is 8.22. The number of hydrogen-bond acceptors (Lipinski definition) is 5. The summed E-state index contributed by atoms with van der Waals surface area (Å²) in [6.07, 6.45) is 3.54. The zero-order chi connectivity index (χ0) is 24.1. The lowest BCUT2D eigenvalue weighted by Crippen LogP contribution is -2.43. The molecule has 1 aliphatic heterocycles. The Morgan fingerprint density at radius 1 is 1.09 bits per heavy atom. The molecule has 180 valence electrons. The third-order valence-corrected chi connectivity index (χ3v) is 8.63. The largest absolute Gasteiger partial charge is 0.384 e. The van der Waals surface area contributed by atoms with Crippen LogP contribution in [0.25, 0.3) is 10.9 Å². The number of nitrogens with one attached hydrogen (secondary N) is 2. The minimum Gasteiger partial charge on any atom is -0.384 e. The molecule has 2 N–H and O–H groups in total. The van der Waals surface area contributed by atoms with Gasteiger partial charge in [-0.2, -0.15) is 4.31 Å². The van der Waals surface area contributed by atoms with E-state index in [1.54, 1.807) is 30.5 Å². The first-order valence-corrected chi connectivity index (χ1v) is 13.8. The summed E-state index contributed by atoms with van der Waals surface area (Å²) in [6, 6.07) is 14.2. The van der Waals surface area contributed by atoms with Crippen molar-refractivity contribution in [2.45, 2.75) is 24.2 Å². The molecule has 1 amide bonds. The van der Waals surface area contributed by atoms with Crippen molar-refractivity contribution in [3.8, 4) is 0 Å². The minimum absolute atomic E-state index is 0.00954. The van der Waals surface area contributed by atoms with E-state index >= 15 is 0 Å². The van der Waals surface area contributed by atoms with E-state index in [1.165, 1.54) is 4.31 Å². The average Bonchev–Trinajstić information content (AvgIpc) is 2.84. The Kier molecular flexibility index (Phi) is 8.08. The molecule has 2 heterocycles. The van der Waals surface area contributed by atoms with Gasteiger partial charge >= 0.3 is 0 Å². The van der Waals surface area contributed by atoms with Gasteiger partial charge in [0.2, 0.25) is 15.9 Å². The number of carbonyl (C=O) groups excluding carboxylic acids is 1. The topological polar surface area (TPSA) is 91.4 Å². The van der Waals surface area contributed by atoms with Gasteiger partial charge in [0.05, 0.1) is 10.4 Å². The smallest absolute Gasteiger partial charge is 0.243 e. The van der Waals surface area contributed by atoms with Gasteiger partial charge in [-0.25, -0.2) is 8.42 Å². The van der Waals surface area contributed by atoms with E-state index in [-0.39, 0.29) is 16.7 Å². The van der Waals surface area contributed by atoms with E-state index in [9.17, 15) is 13.2 Å². The van der Waals surface area contributed by atoms with Crippen LogP contribution in [0.5, 0.6) is 0 Å². The Morgan fingerprint density at radius 3 is 2.56 bits per heavy atom. The molecule has 1 fully saturated rings. The maximum atomic E-state index is 12.8. The number of hydrogen-bond donors (Lipinski definition) is 2. The summed E-state index contributed by atoms with van der Waals surface area (Å²) in [7, 11) is -3.54. The van der Waals surface area contributed by atoms with E-state index in [0.717, 1.165) is 27.5 Å². The van der Waals surface area contributed by atoms with Crippen molar-refractivity contribution in [3.63, 3.8) is 0 Å². The molecule has 0 saturated carbocycles. The number of rotatable bonds is 8. The van der Waals surface area contributed by atoms with Crippen molar-refractivity contribution in [2.75, 3.05) is 31.5 Å². The first kappa shape index (κ1) is 24.9. The highest BCUT2D eigenvalue weighted by Gasteiger charge is 2.31. The van der Waals surface area contributed by atoms with E-state index in [4.69, 9.17) is 11.6 Å². The maximum Gasteiger partial charge on any atom is 0.243 e. The molecule has 7 nitrogen and oxygen atoms in total. The van der Waals surface area contributed by atoms with Gasteiger partial charge in [-0.3, -0.25) is 9.78 Å². The third kappa shape index (κ3) is 5.89. The van der Waals surface area contributed by atoms with Gasteiger partial charge in [-0.1, -0.05) is 27.5 Å². The van der Waals surface area contributed by atoms with Crippen LogP contribution < -0.4 is 10.6 Å². The monoisotopic (exact) mass is 564 g/mol. The number of fused-ring (bicyclic) bond motifs is 1. The van der Waals surface area contributed by atoms with Gasteiger partial charge < -0.3 is 10.6 Å². The molecule has 4 rings (SSSR count). The van der Waals surface area contributed by atoms with Crippen LogP contribution in [0.15, 0.2) is 64.1 Å². The zero-order valence-electron chi connectivity index (χ0n) is 18.5. The van der Waals surface area contributed by atoms with Crippen LogP contribution in [0.2, 0.25) is 5.02 Å². The molecule has 1 aliphatic rings. The van der Waals surface area contributed by atoms with Gasteiger partial charge in [-0.15, -0.1) is 0 Å². The minimum atomic E-state index is -3.54. The average molecular weight is 566 g/mol. The molecule has 0 atom stereocenters. The van der Waals surface area contributed by atoms with Crippen LogP contribution in [0, 0.1) is 5.92 Å². The summed E-state index contributed by atoms with van der Waals surface area (Å²) in [5.41, 5.74) is 1.81. The van der Waals surface area contributed by atoms with Crippen molar-refractivity contribution >= 4 is 60.1 Å². The molecule has 2 aromatic carbocycles. The normalized spacial score (nSPS) is 15.4. The molecule has 3 aromatic rings. The lowest BCUT2D eigenvalue weighted by molar-refractivity contribution is -0.126. The van der Waals surface area contributed by atoms with Gasteiger partial charge in [0.15, 0.2) is 0 Å². The summed E-state index contributed by atoms with van der Waals surface area (Å²) in [4.78, 5) is 17.2. The predicted molar refractivity (Wildman–Crippen MR) is 138 cm³/mol. The summed E-state index contributed by atoms with van der Waals surface area (Å²) in [5.74, 6) is -0.178. The summed E-state index contributed by atoms with van der Waals surface area (Å²) >= 11 is 9.36. The van der Waals surface area contributed by atoms with E-state index in [2.05, 4.69) is 31.5 Å². The Hall–Kier alpha value is -2.20. The van der Waals surface area contributed by atoms with Crippen molar-refractivity contribution in [1.82, 2.24) is 14.6 Å².